The Bertz CT molecular complexity index is 1580. The van der Waals surface area contributed by atoms with Gasteiger partial charge in [-0.3, -0.25) is 29.0 Å². The number of fused-ring (bicyclic) bond motifs is 1. The van der Waals surface area contributed by atoms with Gasteiger partial charge in [-0.2, -0.15) is 0 Å². The predicted molar refractivity (Wildman–Crippen MR) is 184 cm³/mol. The van der Waals surface area contributed by atoms with E-state index in [-0.39, 0.29) is 36.9 Å². The van der Waals surface area contributed by atoms with E-state index < -0.39 is 54.1 Å². The van der Waals surface area contributed by atoms with Gasteiger partial charge < -0.3 is 30.5 Å². The Morgan fingerprint density at radius 1 is 0.959 bits per heavy atom. The van der Waals surface area contributed by atoms with Gasteiger partial charge in [0.25, 0.3) is 5.91 Å². The first-order valence-electron chi connectivity index (χ1n) is 16.6. The molecule has 5 amide bonds. The molecule has 0 aliphatic carbocycles. The average molecular weight is 671 g/mol. The average Bonchev–Trinajstić information content (AvgIpc) is 3.09. The van der Waals surface area contributed by atoms with Gasteiger partial charge in [-0.1, -0.05) is 62.4 Å². The number of nitrogens with zero attached hydrogens (tertiary/aromatic N) is 3. The summed E-state index contributed by atoms with van der Waals surface area (Å²) in [4.78, 5) is 75.0. The van der Waals surface area contributed by atoms with Crippen LogP contribution in [0.3, 0.4) is 0 Å². The molecular formula is C37H46N6O6. The zero-order valence-electron chi connectivity index (χ0n) is 28.6. The van der Waals surface area contributed by atoms with Gasteiger partial charge in [-0.15, -0.1) is 0 Å². The molecule has 1 aliphatic heterocycles. The number of likely N-dealkylation sites (N-methyl/N-ethyl adjacent to an activating group) is 2. The fraction of sp³-hybridized carbons (Fsp3) is 0.405. The summed E-state index contributed by atoms with van der Waals surface area (Å²) >= 11 is 0. The number of rotatable bonds is 8. The lowest BCUT2D eigenvalue weighted by atomic mass is 10.0. The number of pyridine rings is 1. The Balaban J connectivity index is 1.65. The molecule has 0 saturated carbocycles. The minimum atomic E-state index is -1.25. The van der Waals surface area contributed by atoms with Gasteiger partial charge in [-0.25, -0.2) is 0 Å². The second-order valence-electron chi connectivity index (χ2n) is 12.7. The first-order chi connectivity index (χ1) is 23.5. The largest absolute Gasteiger partial charge is 0.491 e. The van der Waals surface area contributed by atoms with Gasteiger partial charge in [0, 0.05) is 39.0 Å². The molecule has 2 aromatic carbocycles. The first-order valence-corrected chi connectivity index (χ1v) is 16.6. The third-order valence-corrected chi connectivity index (χ3v) is 8.27. The van der Waals surface area contributed by atoms with E-state index >= 15 is 0 Å². The first kappa shape index (κ1) is 36.6. The van der Waals surface area contributed by atoms with Crippen molar-refractivity contribution in [1.29, 1.82) is 0 Å². The second kappa shape index (κ2) is 17.8. The van der Waals surface area contributed by atoms with Gasteiger partial charge >= 0.3 is 0 Å². The van der Waals surface area contributed by atoms with Crippen LogP contribution in [0.25, 0.3) is 0 Å². The molecule has 0 saturated heterocycles. The van der Waals surface area contributed by atoms with Gasteiger partial charge in [-0.05, 0) is 48.6 Å². The highest BCUT2D eigenvalue weighted by Crippen LogP contribution is 2.20. The molecule has 4 rings (SSSR count). The molecule has 0 spiro atoms. The lowest BCUT2D eigenvalue weighted by Gasteiger charge is -2.32. The van der Waals surface area contributed by atoms with Gasteiger partial charge in [0.2, 0.25) is 23.6 Å². The molecular weight excluding hydrogens is 624 g/mol. The van der Waals surface area contributed by atoms with Crippen LogP contribution in [-0.2, 0) is 32.0 Å². The molecule has 1 aliphatic rings. The highest BCUT2D eigenvalue weighted by atomic mass is 16.5. The van der Waals surface area contributed by atoms with Gasteiger partial charge in [0.05, 0.1) is 24.6 Å². The maximum Gasteiger partial charge on any atom is 0.255 e. The molecule has 3 aromatic rings. The molecule has 3 N–H and O–H groups in total. The summed E-state index contributed by atoms with van der Waals surface area (Å²) in [5, 5.41) is 8.54. The number of aromatic nitrogens is 1. The van der Waals surface area contributed by atoms with Gasteiger partial charge in [0.15, 0.2) is 0 Å². The number of carbonyl (C=O) groups excluding carboxylic acids is 5. The highest BCUT2D eigenvalue weighted by molar-refractivity contribution is 6.01. The number of amides is 5. The van der Waals surface area contributed by atoms with Crippen molar-refractivity contribution in [3.05, 3.63) is 95.8 Å². The third-order valence-electron chi connectivity index (χ3n) is 8.27. The Labute approximate surface area is 287 Å². The summed E-state index contributed by atoms with van der Waals surface area (Å²) in [6.45, 7) is 3.89. The van der Waals surface area contributed by atoms with Crippen LogP contribution < -0.4 is 20.7 Å². The van der Waals surface area contributed by atoms with Crippen LogP contribution in [0.5, 0.6) is 5.75 Å². The van der Waals surface area contributed by atoms with E-state index in [1.807, 2.05) is 56.3 Å². The van der Waals surface area contributed by atoms with Crippen molar-refractivity contribution < 1.29 is 28.7 Å². The van der Waals surface area contributed by atoms with Crippen molar-refractivity contribution in [2.24, 2.45) is 5.92 Å². The van der Waals surface area contributed by atoms with Crippen molar-refractivity contribution in [2.75, 3.05) is 33.8 Å². The minimum Gasteiger partial charge on any atom is -0.491 e. The van der Waals surface area contributed by atoms with E-state index in [9.17, 15) is 24.0 Å². The van der Waals surface area contributed by atoms with E-state index in [1.165, 1.54) is 23.9 Å². The van der Waals surface area contributed by atoms with E-state index in [4.69, 9.17) is 4.74 Å². The standard InChI is InChI=1S/C37H46N6O6/c1-25(2)20-31-37(48)42(3)23-33(44)40-28(21-26-12-6-5-7-13-26)24-49-32-16-9-8-15-29(32)35(46)41-30(22-34(45)43(31)4)36(47)39-19-17-27-14-10-11-18-38-27/h5-16,18,25,28,30-31H,17,19-24H2,1-4H3,(H,39,47)(H,40,44)(H,41,46)/t28-,30+,31+/m1/s1. The number of carbonyl (C=O) groups is 5. The van der Waals surface area contributed by atoms with Crippen LogP contribution in [-0.4, -0.2) is 96.2 Å². The number of benzene rings is 2. The lowest BCUT2D eigenvalue weighted by Crippen LogP contribution is -2.54. The number of hydrogen-bond acceptors (Lipinski definition) is 7. The molecule has 1 aromatic heterocycles. The summed E-state index contributed by atoms with van der Waals surface area (Å²) in [5.41, 5.74) is 1.91. The quantitative estimate of drug-likeness (QED) is 0.333. The van der Waals surface area contributed by atoms with Gasteiger partial charge in [0.1, 0.15) is 24.4 Å². The fourth-order valence-corrected chi connectivity index (χ4v) is 5.63. The van der Waals surface area contributed by atoms with Crippen LogP contribution in [0, 0.1) is 5.92 Å². The Morgan fingerprint density at radius 3 is 2.39 bits per heavy atom. The van der Waals surface area contributed by atoms with E-state index in [2.05, 4.69) is 20.9 Å². The zero-order valence-corrected chi connectivity index (χ0v) is 28.6. The Kier molecular flexibility index (Phi) is 13.3. The van der Waals surface area contributed by atoms with Crippen molar-refractivity contribution in [3.63, 3.8) is 0 Å². The number of ether oxygens (including phenoxy) is 1. The fourth-order valence-electron chi connectivity index (χ4n) is 5.63. The summed E-state index contributed by atoms with van der Waals surface area (Å²) in [5.74, 6) is -2.20. The van der Waals surface area contributed by atoms with Crippen LogP contribution in [0.1, 0.15) is 48.3 Å². The molecule has 12 nitrogen and oxygen atoms in total. The van der Waals surface area contributed by atoms with E-state index in [0.29, 0.717) is 19.3 Å². The Hall–Kier alpha value is -5.26. The molecule has 2 heterocycles. The molecule has 260 valence electrons. The molecule has 0 bridgehead atoms. The smallest absolute Gasteiger partial charge is 0.255 e. The second-order valence-corrected chi connectivity index (χ2v) is 12.7. The van der Waals surface area contributed by atoms with Crippen molar-refractivity contribution in [3.8, 4) is 5.75 Å². The van der Waals surface area contributed by atoms with Crippen LogP contribution in [0.15, 0.2) is 79.0 Å². The predicted octanol–water partition coefficient (Wildman–Crippen LogP) is 2.38. The SMILES string of the molecule is CC(C)C[C@H]1C(=O)N(C)CC(=O)N[C@H](Cc2ccccc2)COc2ccccc2C(=O)N[C@H](C(=O)NCCc2ccccn2)CC(=O)N1C. The van der Waals surface area contributed by atoms with Crippen molar-refractivity contribution >= 4 is 29.5 Å². The monoisotopic (exact) mass is 670 g/mol. The maximum absolute atomic E-state index is 13.8. The lowest BCUT2D eigenvalue weighted by molar-refractivity contribution is -0.146. The minimum absolute atomic E-state index is 0.0250. The molecule has 0 unspecified atom stereocenters. The zero-order chi connectivity index (χ0) is 35.3. The number of nitrogens with one attached hydrogen (secondary N) is 3. The van der Waals surface area contributed by atoms with Crippen LogP contribution in [0.2, 0.25) is 0 Å². The van der Waals surface area contributed by atoms with E-state index in [1.54, 1.807) is 36.5 Å². The highest BCUT2D eigenvalue weighted by Gasteiger charge is 2.34. The normalized spacial score (nSPS) is 19.7. The summed E-state index contributed by atoms with van der Waals surface area (Å²) in [6.07, 6.45) is 2.49. The molecule has 0 fully saturated rings. The summed E-state index contributed by atoms with van der Waals surface area (Å²) in [7, 11) is 3.03. The molecule has 0 radical (unpaired) electrons. The number of para-hydroxylation sites is 1. The maximum atomic E-state index is 13.8. The summed E-state index contributed by atoms with van der Waals surface area (Å²) < 4.78 is 6.13. The van der Waals surface area contributed by atoms with Crippen LogP contribution in [0.4, 0.5) is 0 Å². The topological polar surface area (TPSA) is 150 Å². The van der Waals surface area contributed by atoms with Crippen molar-refractivity contribution in [1.82, 2.24) is 30.7 Å². The van der Waals surface area contributed by atoms with E-state index in [0.717, 1.165) is 11.3 Å². The van der Waals surface area contributed by atoms with Crippen molar-refractivity contribution in [2.45, 2.75) is 57.7 Å². The van der Waals surface area contributed by atoms with Crippen LogP contribution >= 0.6 is 0 Å². The molecule has 12 heteroatoms. The summed E-state index contributed by atoms with van der Waals surface area (Å²) in [6, 6.07) is 19.0. The Morgan fingerprint density at radius 2 is 1.67 bits per heavy atom. The molecule has 3 atom stereocenters. The third kappa shape index (κ3) is 10.9. The number of hydrogen-bond donors (Lipinski definition) is 3. The molecule has 49 heavy (non-hydrogen) atoms.